The fraction of sp³-hybridized carbons (Fsp3) is 0.462. The molecule has 92 valence electrons. The van der Waals surface area contributed by atoms with Crippen LogP contribution in [0.1, 0.15) is 25.3 Å². The molecule has 0 heterocycles. The summed E-state index contributed by atoms with van der Waals surface area (Å²) in [4.78, 5) is 12.2. The minimum absolute atomic E-state index is 0.0206. The molecule has 1 amide bonds. The third-order valence-corrected chi connectivity index (χ3v) is 3.56. The van der Waals surface area contributed by atoms with E-state index in [9.17, 15) is 4.79 Å². The molecule has 1 aliphatic rings. The fourth-order valence-electron chi connectivity index (χ4n) is 1.96. The predicted molar refractivity (Wildman–Crippen MR) is 69.0 cm³/mol. The van der Waals surface area contributed by atoms with E-state index >= 15 is 0 Å². The smallest absolute Gasteiger partial charge is 0.230 e. The van der Waals surface area contributed by atoms with Crippen LogP contribution in [0, 0.1) is 0 Å². The number of benzene rings is 1. The van der Waals surface area contributed by atoms with Crippen molar-refractivity contribution in [3.8, 4) is 0 Å². The second kappa shape index (κ2) is 4.67. The Balaban J connectivity index is 2.14. The van der Waals surface area contributed by atoms with Crippen molar-refractivity contribution in [3.05, 3.63) is 34.9 Å². The highest BCUT2D eigenvalue weighted by Gasteiger charge is 2.51. The summed E-state index contributed by atoms with van der Waals surface area (Å²) >= 11 is 5.85. The van der Waals surface area contributed by atoms with Gasteiger partial charge in [-0.2, -0.15) is 0 Å². The van der Waals surface area contributed by atoms with E-state index in [2.05, 4.69) is 5.32 Å². The monoisotopic (exact) mass is 252 g/mol. The van der Waals surface area contributed by atoms with Gasteiger partial charge in [0.25, 0.3) is 0 Å². The lowest BCUT2D eigenvalue weighted by molar-refractivity contribution is -0.124. The van der Waals surface area contributed by atoms with Crippen LogP contribution < -0.4 is 11.1 Å². The van der Waals surface area contributed by atoms with Crippen LogP contribution in [-0.2, 0) is 10.2 Å². The minimum atomic E-state index is -0.339. The maximum absolute atomic E-state index is 12.2. The molecule has 0 unspecified atom stereocenters. The fourth-order valence-corrected chi connectivity index (χ4v) is 2.09. The molecule has 0 aromatic heterocycles. The molecule has 3 nitrogen and oxygen atoms in total. The number of nitrogens with one attached hydrogen (secondary N) is 1. The molecule has 1 atom stereocenters. The largest absolute Gasteiger partial charge is 0.352 e. The molecule has 1 aliphatic carbocycles. The molecule has 0 bridgehead atoms. The first-order chi connectivity index (χ1) is 8.08. The molecule has 1 fully saturated rings. The number of carbonyl (C=O) groups is 1. The van der Waals surface area contributed by atoms with Crippen LogP contribution in [0.3, 0.4) is 0 Å². The van der Waals surface area contributed by atoms with Gasteiger partial charge in [-0.1, -0.05) is 23.7 Å². The Morgan fingerprint density at radius 1 is 1.47 bits per heavy atom. The Kier molecular flexibility index (Phi) is 3.40. The molecule has 17 heavy (non-hydrogen) atoms. The molecule has 1 aromatic carbocycles. The molecule has 1 aromatic rings. The summed E-state index contributed by atoms with van der Waals surface area (Å²) in [5.74, 6) is 0.0813. The first-order valence-electron chi connectivity index (χ1n) is 5.85. The second-order valence-corrected chi connectivity index (χ2v) is 5.14. The maximum atomic E-state index is 12.2. The summed E-state index contributed by atoms with van der Waals surface area (Å²) in [6, 6.07) is 7.55. The summed E-state index contributed by atoms with van der Waals surface area (Å²) in [7, 11) is 0. The maximum Gasteiger partial charge on any atom is 0.230 e. The zero-order valence-electron chi connectivity index (χ0n) is 9.87. The van der Waals surface area contributed by atoms with E-state index < -0.39 is 0 Å². The van der Waals surface area contributed by atoms with Gasteiger partial charge in [-0.3, -0.25) is 4.79 Å². The van der Waals surface area contributed by atoms with Gasteiger partial charge in [0.15, 0.2) is 0 Å². The number of nitrogens with two attached hydrogens (primary N) is 1. The van der Waals surface area contributed by atoms with E-state index in [1.54, 1.807) is 0 Å². The summed E-state index contributed by atoms with van der Waals surface area (Å²) < 4.78 is 0. The minimum Gasteiger partial charge on any atom is -0.352 e. The van der Waals surface area contributed by atoms with Gasteiger partial charge in [0.2, 0.25) is 5.91 Å². The summed E-state index contributed by atoms with van der Waals surface area (Å²) in [6.07, 6.45) is 1.80. The highest BCUT2D eigenvalue weighted by Crippen LogP contribution is 2.48. The molecular formula is C13H17ClN2O. The lowest BCUT2D eigenvalue weighted by atomic mass is 9.95. The van der Waals surface area contributed by atoms with Crippen molar-refractivity contribution in [1.29, 1.82) is 0 Å². The second-order valence-electron chi connectivity index (χ2n) is 4.70. The summed E-state index contributed by atoms with van der Waals surface area (Å²) in [5, 5.41) is 3.64. The van der Waals surface area contributed by atoms with E-state index in [4.69, 9.17) is 17.3 Å². The number of halogens is 1. The standard InChI is InChI=1S/C13H17ClN2O/c1-9(8-15)16-12(17)13(6-7-13)10-2-4-11(14)5-3-10/h2-5,9H,6-8,15H2,1H3,(H,16,17)/t9-/m0/s1. The van der Waals surface area contributed by atoms with Crippen LogP contribution >= 0.6 is 11.6 Å². The number of hydrogen-bond donors (Lipinski definition) is 2. The van der Waals surface area contributed by atoms with Crippen molar-refractivity contribution in [2.24, 2.45) is 5.73 Å². The quantitative estimate of drug-likeness (QED) is 0.859. The van der Waals surface area contributed by atoms with Crippen molar-refractivity contribution in [1.82, 2.24) is 5.32 Å². The van der Waals surface area contributed by atoms with E-state index in [0.29, 0.717) is 11.6 Å². The number of hydrogen-bond acceptors (Lipinski definition) is 2. The van der Waals surface area contributed by atoms with Gasteiger partial charge in [-0.15, -0.1) is 0 Å². The summed E-state index contributed by atoms with van der Waals surface area (Å²) in [6.45, 7) is 2.37. The molecule has 3 N–H and O–H groups in total. The Bertz CT molecular complexity index is 412. The van der Waals surface area contributed by atoms with Gasteiger partial charge in [0, 0.05) is 17.6 Å². The number of carbonyl (C=O) groups excluding carboxylic acids is 1. The highest BCUT2D eigenvalue weighted by atomic mass is 35.5. The van der Waals surface area contributed by atoms with E-state index in [0.717, 1.165) is 18.4 Å². The van der Waals surface area contributed by atoms with Crippen molar-refractivity contribution >= 4 is 17.5 Å². The van der Waals surface area contributed by atoms with Crippen LogP contribution in [0.2, 0.25) is 5.02 Å². The van der Waals surface area contributed by atoms with Gasteiger partial charge in [0.1, 0.15) is 0 Å². The topological polar surface area (TPSA) is 55.1 Å². The molecular weight excluding hydrogens is 236 g/mol. The van der Waals surface area contributed by atoms with Gasteiger partial charge in [-0.05, 0) is 37.5 Å². The van der Waals surface area contributed by atoms with Gasteiger partial charge < -0.3 is 11.1 Å². The molecule has 4 heteroatoms. The first kappa shape index (κ1) is 12.4. The SMILES string of the molecule is C[C@@H](CN)NC(=O)C1(c2ccc(Cl)cc2)CC1. The van der Waals surface area contributed by atoms with E-state index in [1.807, 2.05) is 31.2 Å². The molecule has 1 saturated carbocycles. The zero-order valence-corrected chi connectivity index (χ0v) is 10.6. The molecule has 0 aliphatic heterocycles. The Morgan fingerprint density at radius 3 is 2.53 bits per heavy atom. The predicted octanol–water partition coefficient (Wildman–Crippen LogP) is 1.84. The van der Waals surface area contributed by atoms with Crippen molar-refractivity contribution in [2.45, 2.75) is 31.2 Å². The molecule has 0 spiro atoms. The van der Waals surface area contributed by atoms with Crippen LogP contribution in [0.25, 0.3) is 0 Å². The van der Waals surface area contributed by atoms with Crippen molar-refractivity contribution in [3.63, 3.8) is 0 Å². The third-order valence-electron chi connectivity index (χ3n) is 3.31. The average molecular weight is 253 g/mol. The van der Waals surface area contributed by atoms with E-state index in [-0.39, 0.29) is 17.4 Å². The van der Waals surface area contributed by atoms with Crippen LogP contribution in [0.4, 0.5) is 0 Å². The van der Waals surface area contributed by atoms with E-state index in [1.165, 1.54) is 0 Å². The molecule has 0 radical (unpaired) electrons. The van der Waals surface area contributed by atoms with Gasteiger partial charge in [-0.25, -0.2) is 0 Å². The van der Waals surface area contributed by atoms with Crippen LogP contribution in [0.5, 0.6) is 0 Å². The normalized spacial score (nSPS) is 18.5. The number of amides is 1. The third kappa shape index (κ3) is 2.45. The Morgan fingerprint density at radius 2 is 2.06 bits per heavy atom. The zero-order chi connectivity index (χ0) is 12.5. The number of rotatable bonds is 4. The van der Waals surface area contributed by atoms with Crippen molar-refractivity contribution < 1.29 is 4.79 Å². The average Bonchev–Trinajstić information content (AvgIpc) is 3.11. The molecule has 0 saturated heterocycles. The highest BCUT2D eigenvalue weighted by molar-refractivity contribution is 6.30. The van der Waals surface area contributed by atoms with Crippen molar-refractivity contribution in [2.75, 3.05) is 6.54 Å². The summed E-state index contributed by atoms with van der Waals surface area (Å²) in [5.41, 5.74) is 6.22. The Labute approximate surface area is 106 Å². The van der Waals surface area contributed by atoms with Gasteiger partial charge in [0.05, 0.1) is 5.41 Å². The lowest BCUT2D eigenvalue weighted by Crippen LogP contribution is -2.43. The first-order valence-corrected chi connectivity index (χ1v) is 6.23. The van der Waals surface area contributed by atoms with Crippen LogP contribution in [0.15, 0.2) is 24.3 Å². The lowest BCUT2D eigenvalue weighted by Gasteiger charge is -2.19. The molecule has 2 rings (SSSR count). The van der Waals surface area contributed by atoms with Crippen LogP contribution in [-0.4, -0.2) is 18.5 Å². The van der Waals surface area contributed by atoms with Gasteiger partial charge >= 0.3 is 0 Å². The Hall–Kier alpha value is -1.06.